The van der Waals surface area contributed by atoms with Crippen molar-refractivity contribution in [2.75, 3.05) is 19.0 Å². The van der Waals surface area contributed by atoms with E-state index in [1.165, 1.54) is 11.1 Å². The lowest BCUT2D eigenvalue weighted by molar-refractivity contribution is 0.724. The van der Waals surface area contributed by atoms with Crippen LogP contribution in [0.3, 0.4) is 0 Å². The quantitative estimate of drug-likeness (QED) is 0.906. The topological polar surface area (TPSA) is 28.2 Å². The lowest BCUT2D eigenvalue weighted by atomic mass is 10.1. The maximum Gasteiger partial charge on any atom is 0.129 e. The maximum atomic E-state index is 6.08. The molecule has 2 aromatic rings. The SMILES string of the molecule is CNCc1ccc(N(C)C(C)c2cccc(Cl)c2)nc1C. The molecule has 0 aliphatic rings. The summed E-state index contributed by atoms with van der Waals surface area (Å²) >= 11 is 6.08. The van der Waals surface area contributed by atoms with E-state index in [9.17, 15) is 0 Å². The number of aromatic nitrogens is 1. The van der Waals surface area contributed by atoms with Gasteiger partial charge >= 0.3 is 0 Å². The average molecular weight is 304 g/mol. The highest BCUT2D eigenvalue weighted by Gasteiger charge is 2.14. The molecule has 1 aromatic carbocycles. The molecule has 0 spiro atoms. The van der Waals surface area contributed by atoms with E-state index in [0.29, 0.717) is 0 Å². The lowest BCUT2D eigenvalue weighted by Crippen LogP contribution is -2.23. The van der Waals surface area contributed by atoms with Gasteiger partial charge in [-0.3, -0.25) is 0 Å². The van der Waals surface area contributed by atoms with E-state index < -0.39 is 0 Å². The summed E-state index contributed by atoms with van der Waals surface area (Å²) in [4.78, 5) is 6.88. The Labute approximate surface area is 132 Å². The van der Waals surface area contributed by atoms with E-state index in [0.717, 1.165) is 23.1 Å². The van der Waals surface area contributed by atoms with Crippen LogP contribution in [0.5, 0.6) is 0 Å². The van der Waals surface area contributed by atoms with Crippen LogP contribution >= 0.6 is 11.6 Å². The second kappa shape index (κ2) is 6.92. The zero-order chi connectivity index (χ0) is 15.4. The number of halogens is 1. The summed E-state index contributed by atoms with van der Waals surface area (Å²) in [6.45, 7) is 5.05. The number of hydrogen-bond donors (Lipinski definition) is 1. The van der Waals surface area contributed by atoms with E-state index in [-0.39, 0.29) is 6.04 Å². The summed E-state index contributed by atoms with van der Waals surface area (Å²) in [6.07, 6.45) is 0. The molecule has 0 saturated carbocycles. The number of benzene rings is 1. The van der Waals surface area contributed by atoms with Gasteiger partial charge in [-0.1, -0.05) is 29.8 Å². The van der Waals surface area contributed by atoms with Crippen molar-refractivity contribution in [1.29, 1.82) is 0 Å². The van der Waals surface area contributed by atoms with Crippen molar-refractivity contribution in [2.45, 2.75) is 26.4 Å². The zero-order valence-electron chi connectivity index (χ0n) is 13.0. The first-order chi connectivity index (χ1) is 10.0. The molecule has 1 unspecified atom stereocenters. The Hall–Kier alpha value is -1.58. The third-order valence-electron chi connectivity index (χ3n) is 3.82. The molecule has 3 nitrogen and oxygen atoms in total. The Morgan fingerprint density at radius 1 is 1.29 bits per heavy atom. The molecule has 0 amide bonds. The predicted octanol–water partition coefficient (Wildman–Crippen LogP) is 3.96. The van der Waals surface area contributed by atoms with E-state index in [1.807, 2.05) is 32.2 Å². The number of rotatable bonds is 5. The molecule has 1 heterocycles. The van der Waals surface area contributed by atoms with Gasteiger partial charge in [0.15, 0.2) is 0 Å². The van der Waals surface area contributed by atoms with Crippen LogP contribution in [-0.4, -0.2) is 19.1 Å². The summed E-state index contributed by atoms with van der Waals surface area (Å²) in [6, 6.07) is 12.4. The van der Waals surface area contributed by atoms with Gasteiger partial charge in [0.05, 0.1) is 6.04 Å². The van der Waals surface area contributed by atoms with E-state index >= 15 is 0 Å². The summed E-state index contributed by atoms with van der Waals surface area (Å²) < 4.78 is 0. The van der Waals surface area contributed by atoms with Crippen LogP contribution in [0.2, 0.25) is 5.02 Å². The number of hydrogen-bond acceptors (Lipinski definition) is 3. The largest absolute Gasteiger partial charge is 0.353 e. The summed E-state index contributed by atoms with van der Waals surface area (Å²) in [5.41, 5.74) is 3.47. The summed E-state index contributed by atoms with van der Waals surface area (Å²) in [7, 11) is 4.01. The molecule has 1 aromatic heterocycles. The number of nitrogens with zero attached hydrogens (tertiary/aromatic N) is 2. The zero-order valence-corrected chi connectivity index (χ0v) is 13.8. The molecule has 112 valence electrons. The third-order valence-corrected chi connectivity index (χ3v) is 4.06. The summed E-state index contributed by atoms with van der Waals surface area (Å²) in [5, 5.41) is 3.93. The Balaban J connectivity index is 2.23. The third kappa shape index (κ3) is 3.74. The first-order valence-electron chi connectivity index (χ1n) is 7.12. The highest BCUT2D eigenvalue weighted by atomic mass is 35.5. The minimum atomic E-state index is 0.214. The average Bonchev–Trinajstić information content (AvgIpc) is 2.48. The molecule has 1 N–H and O–H groups in total. The van der Waals surface area contributed by atoms with E-state index in [4.69, 9.17) is 16.6 Å². The fourth-order valence-electron chi connectivity index (χ4n) is 2.34. The van der Waals surface area contributed by atoms with Crippen molar-refractivity contribution in [3.8, 4) is 0 Å². The molecule has 1 atom stereocenters. The fourth-order valence-corrected chi connectivity index (χ4v) is 2.54. The first-order valence-corrected chi connectivity index (χ1v) is 7.50. The van der Waals surface area contributed by atoms with Crippen molar-refractivity contribution in [3.63, 3.8) is 0 Å². The Morgan fingerprint density at radius 2 is 2.05 bits per heavy atom. The Kier molecular flexibility index (Phi) is 5.21. The molecule has 0 fully saturated rings. The molecule has 0 aliphatic carbocycles. The fraction of sp³-hybridized carbons (Fsp3) is 0.353. The second-order valence-corrected chi connectivity index (χ2v) is 5.72. The van der Waals surface area contributed by atoms with E-state index in [2.05, 4.69) is 42.4 Å². The number of anilines is 1. The second-order valence-electron chi connectivity index (χ2n) is 5.29. The van der Waals surface area contributed by atoms with Crippen LogP contribution < -0.4 is 10.2 Å². The van der Waals surface area contributed by atoms with Gasteiger partial charge in [0.2, 0.25) is 0 Å². The van der Waals surface area contributed by atoms with Gasteiger partial charge < -0.3 is 10.2 Å². The molecular weight excluding hydrogens is 282 g/mol. The molecule has 0 saturated heterocycles. The van der Waals surface area contributed by atoms with E-state index in [1.54, 1.807) is 0 Å². The monoisotopic (exact) mass is 303 g/mol. The molecular formula is C17H22ClN3. The minimum Gasteiger partial charge on any atom is -0.353 e. The van der Waals surface area contributed by atoms with Crippen molar-refractivity contribution in [1.82, 2.24) is 10.3 Å². The van der Waals surface area contributed by atoms with Crippen LogP contribution in [0.1, 0.15) is 29.8 Å². The van der Waals surface area contributed by atoms with Gasteiger partial charge in [0, 0.05) is 24.3 Å². The van der Waals surface area contributed by atoms with Crippen LogP contribution in [0.25, 0.3) is 0 Å². The Bertz CT molecular complexity index is 613. The standard InChI is InChI=1S/C17H22ClN3/c1-12-15(11-19-3)8-9-17(20-12)21(4)13(2)14-6-5-7-16(18)10-14/h5-10,13,19H,11H2,1-4H3. The molecule has 0 radical (unpaired) electrons. The molecule has 0 aliphatic heterocycles. The highest BCUT2D eigenvalue weighted by molar-refractivity contribution is 6.30. The van der Waals surface area contributed by atoms with Gasteiger partial charge in [-0.2, -0.15) is 0 Å². The van der Waals surface area contributed by atoms with Gasteiger partial charge in [0.1, 0.15) is 5.82 Å². The van der Waals surface area contributed by atoms with Crippen LogP contribution in [0, 0.1) is 6.92 Å². The van der Waals surface area contributed by atoms with Crippen molar-refractivity contribution < 1.29 is 0 Å². The van der Waals surface area contributed by atoms with Crippen LogP contribution in [0.15, 0.2) is 36.4 Å². The number of aryl methyl sites for hydroxylation is 1. The smallest absolute Gasteiger partial charge is 0.129 e. The number of nitrogens with one attached hydrogen (secondary N) is 1. The minimum absolute atomic E-state index is 0.214. The Morgan fingerprint density at radius 3 is 2.67 bits per heavy atom. The molecule has 0 bridgehead atoms. The normalized spacial score (nSPS) is 12.2. The van der Waals surface area contributed by atoms with Crippen molar-refractivity contribution in [2.24, 2.45) is 0 Å². The first kappa shape index (κ1) is 15.8. The highest BCUT2D eigenvalue weighted by Crippen LogP contribution is 2.26. The number of pyridine rings is 1. The molecule has 2 rings (SSSR count). The van der Waals surface area contributed by atoms with Crippen LogP contribution in [-0.2, 0) is 6.54 Å². The van der Waals surface area contributed by atoms with Crippen molar-refractivity contribution in [3.05, 3.63) is 58.2 Å². The maximum absolute atomic E-state index is 6.08. The van der Waals surface area contributed by atoms with Gasteiger partial charge in [0.25, 0.3) is 0 Å². The van der Waals surface area contributed by atoms with Gasteiger partial charge in [-0.05, 0) is 50.2 Å². The van der Waals surface area contributed by atoms with Crippen LogP contribution in [0.4, 0.5) is 5.82 Å². The molecule has 4 heteroatoms. The van der Waals surface area contributed by atoms with Crippen molar-refractivity contribution >= 4 is 17.4 Å². The van der Waals surface area contributed by atoms with Gasteiger partial charge in [-0.15, -0.1) is 0 Å². The molecule has 21 heavy (non-hydrogen) atoms. The predicted molar refractivity (Wildman–Crippen MR) is 90.0 cm³/mol. The lowest BCUT2D eigenvalue weighted by Gasteiger charge is -2.27. The summed E-state index contributed by atoms with van der Waals surface area (Å²) in [5.74, 6) is 0.972. The van der Waals surface area contributed by atoms with Gasteiger partial charge in [-0.25, -0.2) is 4.98 Å².